The van der Waals surface area contributed by atoms with Crippen molar-refractivity contribution in [2.75, 3.05) is 25.2 Å². The molecule has 0 aromatic rings. The minimum Gasteiger partial charge on any atom is -0.396 e. The fraction of sp³-hybridized carbons (Fsp3) is 0.833. The van der Waals surface area contributed by atoms with Crippen molar-refractivity contribution >= 4 is 17.7 Å². The van der Waals surface area contributed by atoms with Crippen molar-refractivity contribution in [1.82, 2.24) is 5.32 Å². The number of hydrogen-bond acceptors (Lipinski definition) is 3. The highest BCUT2D eigenvalue weighted by Crippen LogP contribution is 2.00. The second-order valence-corrected chi connectivity index (χ2v) is 2.98. The van der Waals surface area contributed by atoms with Crippen molar-refractivity contribution in [2.45, 2.75) is 6.42 Å². The lowest BCUT2D eigenvalue weighted by Crippen LogP contribution is -2.17. The van der Waals surface area contributed by atoms with Gasteiger partial charge < -0.3 is 10.4 Å². The third kappa shape index (κ3) is 5.91. The van der Waals surface area contributed by atoms with Gasteiger partial charge in [-0.05, 0) is 0 Å². The number of rotatable bonds is 5. The first-order valence-corrected chi connectivity index (χ1v) is 4.36. The van der Waals surface area contributed by atoms with Crippen LogP contribution in [-0.2, 0) is 4.79 Å². The highest BCUT2D eigenvalue weighted by atomic mass is 32.2. The molecule has 2 N–H and O–H groups in total. The highest BCUT2D eigenvalue weighted by Gasteiger charge is 1.95. The van der Waals surface area contributed by atoms with Gasteiger partial charge in [0.25, 0.3) is 0 Å². The van der Waals surface area contributed by atoms with Crippen molar-refractivity contribution in [3.63, 3.8) is 0 Å². The quantitative estimate of drug-likeness (QED) is 0.554. The highest BCUT2D eigenvalue weighted by molar-refractivity contribution is 7.99. The summed E-state index contributed by atoms with van der Waals surface area (Å²) in [4.78, 5) is 10.6. The van der Waals surface area contributed by atoms with Crippen LogP contribution in [0.5, 0.6) is 0 Å². The SMILES string of the molecule is CNC(=O)CCSCCO. The maximum Gasteiger partial charge on any atom is 0.220 e. The van der Waals surface area contributed by atoms with Crippen molar-refractivity contribution in [2.24, 2.45) is 0 Å². The van der Waals surface area contributed by atoms with Crippen LogP contribution in [-0.4, -0.2) is 36.2 Å². The van der Waals surface area contributed by atoms with Crippen LogP contribution >= 0.6 is 11.8 Å². The Balaban J connectivity index is 2.96. The Labute approximate surface area is 65.2 Å². The first-order chi connectivity index (χ1) is 4.81. The summed E-state index contributed by atoms with van der Waals surface area (Å²) in [6.45, 7) is 0.193. The lowest BCUT2D eigenvalue weighted by atomic mass is 10.5. The van der Waals surface area contributed by atoms with Crippen LogP contribution in [0.2, 0.25) is 0 Å². The molecule has 0 aromatic heterocycles. The van der Waals surface area contributed by atoms with E-state index in [4.69, 9.17) is 5.11 Å². The molecule has 0 aliphatic carbocycles. The number of aliphatic hydroxyl groups excluding tert-OH is 1. The van der Waals surface area contributed by atoms with E-state index in [-0.39, 0.29) is 12.5 Å². The molecule has 0 bridgehead atoms. The van der Waals surface area contributed by atoms with Crippen molar-refractivity contribution in [3.8, 4) is 0 Å². The van der Waals surface area contributed by atoms with Gasteiger partial charge in [0, 0.05) is 25.0 Å². The number of nitrogens with one attached hydrogen (secondary N) is 1. The number of amides is 1. The molecule has 0 radical (unpaired) electrons. The minimum atomic E-state index is 0.0606. The zero-order valence-corrected chi connectivity index (χ0v) is 6.91. The summed E-state index contributed by atoms with van der Waals surface area (Å²) >= 11 is 1.59. The van der Waals surface area contributed by atoms with Gasteiger partial charge in [-0.15, -0.1) is 0 Å². The zero-order valence-electron chi connectivity index (χ0n) is 6.09. The summed E-state index contributed by atoms with van der Waals surface area (Å²) in [6.07, 6.45) is 0.543. The van der Waals surface area contributed by atoms with Gasteiger partial charge in [0.2, 0.25) is 5.91 Å². The number of carbonyl (C=O) groups is 1. The maximum absolute atomic E-state index is 10.6. The molecule has 0 aromatic carbocycles. The molecule has 0 aliphatic rings. The van der Waals surface area contributed by atoms with E-state index in [0.717, 1.165) is 11.5 Å². The second kappa shape index (κ2) is 6.89. The van der Waals surface area contributed by atoms with E-state index in [1.165, 1.54) is 0 Å². The lowest BCUT2D eigenvalue weighted by molar-refractivity contribution is -0.120. The molecule has 0 aliphatic heterocycles. The van der Waals surface area contributed by atoms with Crippen LogP contribution in [0.15, 0.2) is 0 Å². The van der Waals surface area contributed by atoms with Crippen molar-refractivity contribution in [1.29, 1.82) is 0 Å². The van der Waals surface area contributed by atoms with Crippen LogP contribution in [0.3, 0.4) is 0 Å². The van der Waals surface area contributed by atoms with Crippen molar-refractivity contribution < 1.29 is 9.90 Å². The standard InChI is InChI=1S/C6H13NO2S/c1-7-6(9)2-4-10-5-3-8/h8H,2-5H2,1H3,(H,7,9). The Morgan fingerprint density at radius 1 is 1.60 bits per heavy atom. The Morgan fingerprint density at radius 2 is 2.30 bits per heavy atom. The molecule has 1 amide bonds. The van der Waals surface area contributed by atoms with Crippen LogP contribution in [0.4, 0.5) is 0 Å². The van der Waals surface area contributed by atoms with E-state index in [9.17, 15) is 4.79 Å². The first kappa shape index (κ1) is 9.78. The second-order valence-electron chi connectivity index (χ2n) is 1.76. The van der Waals surface area contributed by atoms with Gasteiger partial charge >= 0.3 is 0 Å². The molecule has 0 spiro atoms. The van der Waals surface area contributed by atoms with E-state index in [1.807, 2.05) is 0 Å². The molecule has 0 atom stereocenters. The number of hydrogen-bond donors (Lipinski definition) is 2. The van der Waals surface area contributed by atoms with Crippen LogP contribution in [0.25, 0.3) is 0 Å². The molecule has 0 rings (SSSR count). The molecule has 0 saturated heterocycles. The van der Waals surface area contributed by atoms with Gasteiger partial charge in [0.05, 0.1) is 6.61 Å². The summed E-state index contributed by atoms with van der Waals surface area (Å²) < 4.78 is 0. The Morgan fingerprint density at radius 3 is 2.80 bits per heavy atom. The third-order valence-corrected chi connectivity index (χ3v) is 1.95. The minimum absolute atomic E-state index is 0.0606. The number of aliphatic hydroxyl groups is 1. The monoisotopic (exact) mass is 163 g/mol. The summed E-state index contributed by atoms with van der Waals surface area (Å²) in [5, 5.41) is 10.9. The lowest BCUT2D eigenvalue weighted by Gasteiger charge is -1.97. The fourth-order valence-electron chi connectivity index (χ4n) is 0.456. The Kier molecular flexibility index (Phi) is 6.74. The summed E-state index contributed by atoms with van der Waals surface area (Å²) in [5.41, 5.74) is 0. The molecule has 0 saturated carbocycles. The predicted molar refractivity (Wildman–Crippen MR) is 43.1 cm³/mol. The van der Waals surface area contributed by atoms with Gasteiger partial charge in [-0.1, -0.05) is 0 Å². The van der Waals surface area contributed by atoms with Gasteiger partial charge in [0.1, 0.15) is 0 Å². The zero-order chi connectivity index (χ0) is 7.82. The molecule has 10 heavy (non-hydrogen) atoms. The normalized spacial score (nSPS) is 9.40. The molecular weight excluding hydrogens is 150 g/mol. The largest absolute Gasteiger partial charge is 0.396 e. The topological polar surface area (TPSA) is 49.3 Å². The average Bonchev–Trinajstić information content (AvgIpc) is 1.98. The Bertz CT molecular complexity index is 97.7. The fourth-order valence-corrected chi connectivity index (χ4v) is 1.12. The summed E-state index contributed by atoms with van der Waals surface area (Å²) in [6, 6.07) is 0. The van der Waals surface area contributed by atoms with Crippen LogP contribution < -0.4 is 5.32 Å². The van der Waals surface area contributed by atoms with Gasteiger partial charge in [-0.3, -0.25) is 4.79 Å². The molecule has 4 heteroatoms. The van der Waals surface area contributed by atoms with Crippen LogP contribution in [0, 0.1) is 0 Å². The average molecular weight is 163 g/mol. The first-order valence-electron chi connectivity index (χ1n) is 3.20. The molecule has 3 nitrogen and oxygen atoms in total. The van der Waals surface area contributed by atoms with E-state index < -0.39 is 0 Å². The number of thioether (sulfide) groups is 1. The molecule has 60 valence electrons. The Hall–Kier alpha value is -0.220. The summed E-state index contributed by atoms with van der Waals surface area (Å²) in [5.74, 6) is 1.57. The van der Waals surface area contributed by atoms with Crippen molar-refractivity contribution in [3.05, 3.63) is 0 Å². The van der Waals surface area contributed by atoms with Gasteiger partial charge in [-0.25, -0.2) is 0 Å². The number of carbonyl (C=O) groups excluding carboxylic acids is 1. The summed E-state index contributed by atoms with van der Waals surface area (Å²) in [7, 11) is 1.62. The molecule has 0 unspecified atom stereocenters. The van der Waals surface area contributed by atoms with E-state index >= 15 is 0 Å². The van der Waals surface area contributed by atoms with Gasteiger partial charge in [-0.2, -0.15) is 11.8 Å². The van der Waals surface area contributed by atoms with Gasteiger partial charge in [0.15, 0.2) is 0 Å². The molecular formula is C6H13NO2S. The maximum atomic E-state index is 10.6. The van der Waals surface area contributed by atoms with E-state index in [0.29, 0.717) is 6.42 Å². The van der Waals surface area contributed by atoms with E-state index in [2.05, 4.69) is 5.32 Å². The smallest absolute Gasteiger partial charge is 0.220 e. The molecule has 0 fully saturated rings. The predicted octanol–water partition coefficient (Wildman–Crippen LogP) is -0.152. The van der Waals surface area contributed by atoms with Crippen LogP contribution in [0.1, 0.15) is 6.42 Å². The third-order valence-electron chi connectivity index (χ3n) is 0.988. The van der Waals surface area contributed by atoms with E-state index in [1.54, 1.807) is 18.8 Å². The molecule has 0 heterocycles.